The highest BCUT2D eigenvalue weighted by Gasteiger charge is 2.35. The topological polar surface area (TPSA) is 77.3 Å². The van der Waals surface area contributed by atoms with E-state index in [-0.39, 0.29) is 34.9 Å². The van der Waals surface area contributed by atoms with Crippen LogP contribution in [0.4, 0.5) is 0 Å². The predicted molar refractivity (Wildman–Crippen MR) is 177 cm³/mol. The van der Waals surface area contributed by atoms with Crippen molar-refractivity contribution in [3.8, 4) is 22.8 Å². The van der Waals surface area contributed by atoms with Crippen molar-refractivity contribution in [2.24, 2.45) is 0 Å². The van der Waals surface area contributed by atoms with Gasteiger partial charge in [-0.15, -0.1) is 0 Å². The summed E-state index contributed by atoms with van der Waals surface area (Å²) in [5.41, 5.74) is 2.37. The molecule has 6 nitrogen and oxygen atoms in total. The number of aryl methyl sites for hydroxylation is 1. The fourth-order valence-corrected chi connectivity index (χ4v) is 3.96. The first kappa shape index (κ1) is 36.7. The highest BCUT2D eigenvalue weighted by molar-refractivity contribution is 6.68. The monoisotopic (exact) mass is 826 g/mol. The van der Waals surface area contributed by atoms with E-state index >= 15 is 0 Å². The molecule has 0 amide bonds. The highest BCUT2D eigenvalue weighted by atomic mass is 35.6. The fraction of sp³-hybridized carbons (Fsp3) is 0.217. The maximum Gasteiger partial charge on any atom is 0.250 e. The lowest BCUT2D eigenvalue weighted by Gasteiger charge is -2.15. The summed E-state index contributed by atoms with van der Waals surface area (Å²) < 4.78 is -7.47. The maximum absolute atomic E-state index is 5.83. The number of alkyl halides is 12. The van der Waals surface area contributed by atoms with Crippen molar-refractivity contribution in [3.63, 3.8) is 0 Å². The van der Waals surface area contributed by atoms with Gasteiger partial charge in [0.25, 0.3) is 0 Å². The van der Waals surface area contributed by atoms with Gasteiger partial charge in [-0.3, -0.25) is 0 Å². The molecule has 42 heavy (non-hydrogen) atoms. The Morgan fingerprint density at radius 1 is 0.405 bits per heavy atom. The van der Waals surface area contributed by atoms with Crippen LogP contribution >= 0.6 is 151 Å². The van der Waals surface area contributed by atoms with Gasteiger partial charge in [-0.05, 0) is 31.2 Å². The maximum atomic E-state index is 5.83. The van der Waals surface area contributed by atoms with Crippen LogP contribution in [-0.4, -0.2) is 29.9 Å². The predicted octanol–water partition coefficient (Wildman–Crippen LogP) is 11.3. The van der Waals surface area contributed by atoms with Crippen LogP contribution in [0.1, 0.15) is 28.9 Å². The van der Waals surface area contributed by atoms with Crippen LogP contribution in [0.15, 0.2) is 48.5 Å². The summed E-state index contributed by atoms with van der Waals surface area (Å²) in [6, 6.07) is 14.1. The summed E-state index contributed by atoms with van der Waals surface area (Å²) in [6.07, 6.45) is 0. The Bertz CT molecular complexity index is 1340. The first-order valence-corrected chi connectivity index (χ1v) is 15.7. The summed E-state index contributed by atoms with van der Waals surface area (Å²) in [6.45, 7) is 1.96. The number of aromatic nitrogens is 6. The van der Waals surface area contributed by atoms with E-state index in [0.29, 0.717) is 16.1 Å². The van der Waals surface area contributed by atoms with E-state index in [1.54, 1.807) is 24.3 Å². The van der Waals surface area contributed by atoms with Crippen molar-refractivity contribution in [1.82, 2.24) is 29.9 Å². The average molecular weight is 832 g/mol. The van der Waals surface area contributed by atoms with Crippen LogP contribution in [0, 0.1) is 6.92 Å². The zero-order valence-electron chi connectivity index (χ0n) is 20.2. The smallest absolute Gasteiger partial charge is 0.209 e. The van der Waals surface area contributed by atoms with E-state index in [0.717, 1.165) is 5.56 Å². The molecule has 0 N–H and O–H groups in total. The standard InChI is InChI=1S/C12H7Cl6N3.C11H4Cl7N3/c1-6-2-4-7(5-3-6)8-19-9(11(13,14)15)21-10(20-8)12(16,17)18;12-6-3-1-5(2-4-6)7-19-8(10(13,14)15)21-9(20-7)11(16,17)18/h2-5H,1H3;1-4H. The molecule has 0 aliphatic heterocycles. The zero-order valence-corrected chi connectivity index (χ0v) is 30.0. The van der Waals surface area contributed by atoms with Crippen LogP contribution in [0.3, 0.4) is 0 Å². The van der Waals surface area contributed by atoms with Gasteiger partial charge in [0, 0.05) is 16.1 Å². The molecule has 0 aliphatic rings. The molecule has 0 bridgehead atoms. The molecule has 2 heterocycles. The highest BCUT2D eigenvalue weighted by Crippen LogP contribution is 2.42. The third-order valence-corrected chi connectivity index (χ3v) is 6.98. The van der Waals surface area contributed by atoms with Crippen LogP contribution in [0.25, 0.3) is 22.8 Å². The van der Waals surface area contributed by atoms with E-state index in [1.165, 1.54) is 0 Å². The molecule has 224 valence electrons. The molecule has 0 unspecified atom stereocenters. The molecule has 19 heteroatoms. The van der Waals surface area contributed by atoms with Gasteiger partial charge in [-0.25, -0.2) is 29.9 Å². The van der Waals surface area contributed by atoms with Gasteiger partial charge >= 0.3 is 0 Å². The SMILES string of the molecule is Cc1ccc(-c2nc(C(Cl)(Cl)Cl)nc(C(Cl)(Cl)Cl)n2)cc1.Clc1ccc(-c2nc(C(Cl)(Cl)Cl)nc(C(Cl)(Cl)Cl)n2)cc1. The van der Waals surface area contributed by atoms with Crippen molar-refractivity contribution >= 4 is 151 Å². The van der Waals surface area contributed by atoms with Gasteiger partial charge in [0.05, 0.1) is 0 Å². The summed E-state index contributed by atoms with van der Waals surface area (Å²) in [5.74, 6) is -0.0571. The first-order chi connectivity index (χ1) is 19.1. The number of halogens is 13. The summed E-state index contributed by atoms with van der Waals surface area (Å²) in [7, 11) is 0. The largest absolute Gasteiger partial charge is 0.250 e. The second-order valence-corrected chi connectivity index (χ2v) is 17.5. The molecular weight excluding hydrogens is 821 g/mol. The Hall–Kier alpha value is 0.230. The Labute approximate surface area is 305 Å². The molecule has 0 saturated heterocycles. The first-order valence-electron chi connectivity index (χ1n) is 10.8. The minimum Gasteiger partial charge on any atom is -0.209 e. The second kappa shape index (κ2) is 14.3. The molecule has 2 aromatic heterocycles. The van der Waals surface area contributed by atoms with Crippen LogP contribution < -0.4 is 0 Å². The Kier molecular flexibility index (Phi) is 12.5. The van der Waals surface area contributed by atoms with Gasteiger partial charge in [0.2, 0.25) is 15.2 Å². The van der Waals surface area contributed by atoms with E-state index in [9.17, 15) is 0 Å². The normalized spacial score (nSPS) is 12.5. The Morgan fingerprint density at radius 3 is 0.929 bits per heavy atom. The Morgan fingerprint density at radius 2 is 0.667 bits per heavy atom. The number of nitrogens with zero attached hydrogens (tertiary/aromatic N) is 6. The summed E-state index contributed by atoms with van der Waals surface area (Å²) >= 11 is 75.5. The molecule has 4 aromatic rings. The third kappa shape index (κ3) is 10.7. The molecule has 0 atom stereocenters. The van der Waals surface area contributed by atoms with Crippen molar-refractivity contribution in [1.29, 1.82) is 0 Å². The molecule has 4 rings (SSSR count). The van der Waals surface area contributed by atoms with Gasteiger partial charge in [-0.1, -0.05) is 181 Å². The summed E-state index contributed by atoms with van der Waals surface area (Å²) in [4.78, 5) is 24.2. The Balaban J connectivity index is 0.000000230. The quantitative estimate of drug-likeness (QED) is 0.187. The van der Waals surface area contributed by atoms with Crippen molar-refractivity contribution < 1.29 is 0 Å². The molecular formula is C23H11Cl13N6. The van der Waals surface area contributed by atoms with Crippen molar-refractivity contribution in [2.45, 2.75) is 22.1 Å². The van der Waals surface area contributed by atoms with Gasteiger partial charge < -0.3 is 0 Å². The molecule has 0 aliphatic carbocycles. The van der Waals surface area contributed by atoms with Crippen LogP contribution in [0.5, 0.6) is 0 Å². The zero-order chi connectivity index (χ0) is 31.7. The van der Waals surface area contributed by atoms with Crippen molar-refractivity contribution in [3.05, 3.63) is 82.4 Å². The lowest BCUT2D eigenvalue weighted by Crippen LogP contribution is -2.16. The van der Waals surface area contributed by atoms with E-state index in [2.05, 4.69) is 29.9 Å². The number of benzene rings is 2. The third-order valence-electron chi connectivity index (χ3n) is 4.70. The van der Waals surface area contributed by atoms with Gasteiger partial charge in [0.15, 0.2) is 34.9 Å². The minimum absolute atomic E-state index is 0.112. The lowest BCUT2D eigenvalue weighted by molar-refractivity contribution is 0.851. The fourth-order valence-electron chi connectivity index (χ4n) is 2.82. The molecule has 0 spiro atoms. The molecule has 0 saturated carbocycles. The van der Waals surface area contributed by atoms with Crippen LogP contribution in [-0.2, 0) is 15.2 Å². The number of hydrogen-bond acceptors (Lipinski definition) is 6. The molecule has 2 aromatic carbocycles. The number of rotatable bonds is 2. The van der Waals surface area contributed by atoms with E-state index in [4.69, 9.17) is 151 Å². The lowest BCUT2D eigenvalue weighted by atomic mass is 10.1. The second-order valence-electron chi connectivity index (χ2n) is 7.98. The van der Waals surface area contributed by atoms with E-state index in [1.807, 2.05) is 31.2 Å². The van der Waals surface area contributed by atoms with E-state index < -0.39 is 15.2 Å². The van der Waals surface area contributed by atoms with Gasteiger partial charge in [-0.2, -0.15) is 0 Å². The van der Waals surface area contributed by atoms with Gasteiger partial charge in [0.1, 0.15) is 0 Å². The number of hydrogen-bond donors (Lipinski definition) is 0. The minimum atomic E-state index is -1.88. The average Bonchev–Trinajstić information content (AvgIpc) is 2.87. The molecule has 0 fully saturated rings. The summed E-state index contributed by atoms with van der Waals surface area (Å²) in [5, 5.41) is 0.552. The molecule has 0 radical (unpaired) electrons. The van der Waals surface area contributed by atoms with Crippen LogP contribution in [0.2, 0.25) is 5.02 Å². The van der Waals surface area contributed by atoms with Crippen molar-refractivity contribution in [2.75, 3.05) is 0 Å².